The Balaban J connectivity index is 1.66. The first-order chi connectivity index (χ1) is 17.0. The fourth-order valence-corrected chi connectivity index (χ4v) is 4.97. The number of aromatic nitrogens is 2. The van der Waals surface area contributed by atoms with Gasteiger partial charge in [0.15, 0.2) is 0 Å². The Morgan fingerprint density at radius 2 is 1.26 bits per heavy atom. The minimum atomic E-state index is 0.201. The summed E-state index contributed by atoms with van der Waals surface area (Å²) in [4.78, 5) is 0. The molecule has 0 fully saturated rings. The van der Waals surface area contributed by atoms with Crippen molar-refractivity contribution in [2.45, 2.75) is 71.5 Å². The molecule has 1 heterocycles. The molecule has 2 atom stereocenters. The maximum atomic E-state index is 3.96. The van der Waals surface area contributed by atoms with E-state index in [1.54, 1.807) is 0 Å². The van der Waals surface area contributed by atoms with Gasteiger partial charge in [-0.2, -0.15) is 0 Å². The molecule has 0 bridgehead atoms. The zero-order valence-electron chi connectivity index (χ0n) is 21.9. The Labute approximate surface area is 211 Å². The predicted molar refractivity (Wildman–Crippen MR) is 146 cm³/mol. The van der Waals surface area contributed by atoms with Gasteiger partial charge in [-0.05, 0) is 29.4 Å². The normalized spacial score (nSPS) is 13.3. The molecule has 0 aliphatic carbocycles. The van der Waals surface area contributed by atoms with Gasteiger partial charge in [-0.3, -0.25) is 5.32 Å². The van der Waals surface area contributed by atoms with Gasteiger partial charge in [0, 0.05) is 17.2 Å². The van der Waals surface area contributed by atoms with E-state index in [-0.39, 0.29) is 6.04 Å². The third-order valence-corrected chi connectivity index (χ3v) is 6.90. The van der Waals surface area contributed by atoms with E-state index >= 15 is 0 Å². The topological polar surface area (TPSA) is 20.8 Å². The highest BCUT2D eigenvalue weighted by Crippen LogP contribution is 2.31. The second kappa shape index (κ2) is 11.5. The maximum absolute atomic E-state index is 3.96. The maximum Gasteiger partial charge on any atom is 0.249 e. The average molecular weight is 467 g/mol. The van der Waals surface area contributed by atoms with Crippen LogP contribution in [0.2, 0.25) is 0 Å². The molecule has 3 nitrogen and oxygen atoms in total. The van der Waals surface area contributed by atoms with Crippen LogP contribution in [-0.2, 0) is 6.54 Å². The van der Waals surface area contributed by atoms with Crippen molar-refractivity contribution in [2.75, 3.05) is 0 Å². The number of rotatable bonds is 10. The van der Waals surface area contributed by atoms with Crippen LogP contribution >= 0.6 is 0 Å². The summed E-state index contributed by atoms with van der Waals surface area (Å²) in [5, 5.41) is 3.96. The molecular formula is C32H40N3+. The fraction of sp³-hybridized carbons (Fsp3) is 0.344. The fourth-order valence-electron chi connectivity index (χ4n) is 4.97. The van der Waals surface area contributed by atoms with Crippen molar-refractivity contribution in [3.63, 3.8) is 0 Å². The summed E-state index contributed by atoms with van der Waals surface area (Å²) in [7, 11) is 0. The van der Waals surface area contributed by atoms with E-state index in [0.29, 0.717) is 17.9 Å². The minimum Gasteiger partial charge on any atom is -0.300 e. The van der Waals surface area contributed by atoms with Crippen molar-refractivity contribution in [3.8, 4) is 5.69 Å². The number of benzene rings is 3. The molecule has 3 aromatic carbocycles. The lowest BCUT2D eigenvalue weighted by Gasteiger charge is -2.25. The molecule has 0 saturated heterocycles. The third kappa shape index (κ3) is 5.91. The number of imidazole rings is 1. The number of hydrogen-bond acceptors (Lipinski definition) is 1. The predicted octanol–water partition coefficient (Wildman–Crippen LogP) is 7.49. The highest BCUT2D eigenvalue weighted by atomic mass is 15.1. The van der Waals surface area contributed by atoms with Crippen LogP contribution in [0.1, 0.15) is 87.2 Å². The van der Waals surface area contributed by atoms with Crippen molar-refractivity contribution in [2.24, 2.45) is 0 Å². The van der Waals surface area contributed by atoms with Gasteiger partial charge in [-0.15, -0.1) is 0 Å². The van der Waals surface area contributed by atoms with Gasteiger partial charge in [0.05, 0.1) is 6.04 Å². The van der Waals surface area contributed by atoms with Crippen LogP contribution in [0.3, 0.4) is 0 Å². The molecule has 0 saturated carbocycles. The minimum absolute atomic E-state index is 0.201. The molecular weight excluding hydrogens is 426 g/mol. The molecule has 4 aromatic rings. The van der Waals surface area contributed by atoms with Crippen LogP contribution in [0.4, 0.5) is 0 Å². The standard InChI is InChI=1S/C32H40N3/c1-6-30(26-14-9-7-10-15-26)33-31(27-16-11-8-12-17-27)22-34-20-21-35(23-34)32-28(24(2)3)18-13-19-29(32)25(4)5/h7-21,23-25,30-31,33H,6,22H2,1-5H3/q+1/t30-,31+/m0/s1. The molecule has 182 valence electrons. The third-order valence-electron chi connectivity index (χ3n) is 6.90. The smallest absolute Gasteiger partial charge is 0.249 e. The SMILES string of the molecule is CC[C@H](N[C@H](C[n+]1ccn(-c2c(C(C)C)cccc2C(C)C)c1)c1ccccc1)c1ccccc1. The largest absolute Gasteiger partial charge is 0.300 e. The second-order valence-corrected chi connectivity index (χ2v) is 10.1. The van der Waals surface area contributed by atoms with Gasteiger partial charge in [-0.25, -0.2) is 9.13 Å². The summed E-state index contributed by atoms with van der Waals surface area (Å²) in [6.07, 6.45) is 7.72. The van der Waals surface area contributed by atoms with Crippen molar-refractivity contribution >= 4 is 0 Å². The van der Waals surface area contributed by atoms with E-state index in [4.69, 9.17) is 0 Å². The van der Waals surface area contributed by atoms with E-state index < -0.39 is 0 Å². The van der Waals surface area contributed by atoms with Crippen LogP contribution in [0, 0.1) is 0 Å². The molecule has 1 N–H and O–H groups in total. The second-order valence-electron chi connectivity index (χ2n) is 10.1. The highest BCUT2D eigenvalue weighted by Gasteiger charge is 2.23. The Hall–Kier alpha value is -3.17. The molecule has 35 heavy (non-hydrogen) atoms. The monoisotopic (exact) mass is 466 g/mol. The first-order valence-electron chi connectivity index (χ1n) is 13.0. The number of nitrogens with one attached hydrogen (secondary N) is 1. The molecule has 4 rings (SSSR count). The van der Waals surface area contributed by atoms with Crippen LogP contribution in [0.15, 0.2) is 97.6 Å². The van der Waals surface area contributed by atoms with Crippen molar-refractivity contribution in [3.05, 3.63) is 120 Å². The zero-order chi connectivity index (χ0) is 24.8. The van der Waals surface area contributed by atoms with E-state index in [1.165, 1.54) is 27.9 Å². The lowest BCUT2D eigenvalue weighted by Crippen LogP contribution is -2.40. The van der Waals surface area contributed by atoms with Gasteiger partial charge < -0.3 is 0 Å². The summed E-state index contributed by atoms with van der Waals surface area (Å²) in [5.74, 6) is 0.934. The molecule has 0 aliphatic rings. The summed E-state index contributed by atoms with van der Waals surface area (Å²) in [6.45, 7) is 12.2. The lowest BCUT2D eigenvalue weighted by molar-refractivity contribution is -0.699. The highest BCUT2D eigenvalue weighted by molar-refractivity contribution is 5.50. The average Bonchev–Trinajstić information content (AvgIpc) is 3.35. The zero-order valence-corrected chi connectivity index (χ0v) is 21.9. The molecule has 0 radical (unpaired) electrons. The van der Waals surface area contributed by atoms with Crippen molar-refractivity contribution in [1.82, 2.24) is 9.88 Å². The van der Waals surface area contributed by atoms with Crippen LogP contribution in [0.5, 0.6) is 0 Å². The van der Waals surface area contributed by atoms with Gasteiger partial charge in [0.25, 0.3) is 0 Å². The lowest BCUT2D eigenvalue weighted by atomic mass is 9.92. The molecule has 0 aliphatic heterocycles. The first-order valence-corrected chi connectivity index (χ1v) is 13.0. The number of hydrogen-bond donors (Lipinski definition) is 1. The summed E-state index contributed by atoms with van der Waals surface area (Å²) in [6, 6.07) is 28.9. The van der Waals surface area contributed by atoms with Gasteiger partial charge in [0.1, 0.15) is 24.6 Å². The first kappa shape index (κ1) is 24.9. The Morgan fingerprint density at radius 1 is 0.714 bits per heavy atom. The Kier molecular flexibility index (Phi) is 8.20. The van der Waals surface area contributed by atoms with E-state index in [0.717, 1.165) is 13.0 Å². The quantitative estimate of drug-likeness (QED) is 0.240. The number of para-hydroxylation sites is 1. The van der Waals surface area contributed by atoms with Gasteiger partial charge >= 0.3 is 0 Å². The van der Waals surface area contributed by atoms with E-state index in [1.807, 2.05) is 0 Å². The summed E-state index contributed by atoms with van der Waals surface area (Å²) in [5.41, 5.74) is 6.77. The van der Waals surface area contributed by atoms with Crippen molar-refractivity contribution < 1.29 is 4.57 Å². The molecule has 0 spiro atoms. The molecule has 1 aromatic heterocycles. The van der Waals surface area contributed by atoms with Crippen LogP contribution < -0.4 is 9.88 Å². The molecule has 0 amide bonds. The summed E-state index contributed by atoms with van der Waals surface area (Å²) < 4.78 is 4.64. The molecule has 3 heteroatoms. The summed E-state index contributed by atoms with van der Waals surface area (Å²) >= 11 is 0. The number of nitrogens with zero attached hydrogens (tertiary/aromatic N) is 2. The van der Waals surface area contributed by atoms with E-state index in [2.05, 4.69) is 147 Å². The van der Waals surface area contributed by atoms with Crippen molar-refractivity contribution in [1.29, 1.82) is 0 Å². The van der Waals surface area contributed by atoms with Crippen LogP contribution in [-0.4, -0.2) is 4.57 Å². The van der Waals surface area contributed by atoms with Crippen LogP contribution in [0.25, 0.3) is 5.69 Å². The van der Waals surface area contributed by atoms with Gasteiger partial charge in [-0.1, -0.05) is 113 Å². The Morgan fingerprint density at radius 3 is 1.77 bits per heavy atom. The Bertz CT molecular complexity index is 1170. The van der Waals surface area contributed by atoms with Gasteiger partial charge in [0.2, 0.25) is 6.33 Å². The van der Waals surface area contributed by atoms with E-state index in [9.17, 15) is 0 Å². The molecule has 0 unspecified atom stereocenters.